The molecule has 1 aliphatic carbocycles. The van der Waals surface area contributed by atoms with E-state index in [1.807, 2.05) is 13.8 Å². The van der Waals surface area contributed by atoms with Crippen LogP contribution in [0.5, 0.6) is 0 Å². The van der Waals surface area contributed by atoms with E-state index in [9.17, 15) is 14.7 Å². The molecule has 2 fully saturated rings. The van der Waals surface area contributed by atoms with E-state index in [1.165, 1.54) is 4.90 Å². The zero-order chi connectivity index (χ0) is 14.9. The van der Waals surface area contributed by atoms with E-state index in [0.717, 1.165) is 32.1 Å². The fraction of sp³-hybridized carbons (Fsp3) is 0.867. The first-order chi connectivity index (χ1) is 9.33. The van der Waals surface area contributed by atoms with Crippen LogP contribution in [0.1, 0.15) is 52.9 Å². The van der Waals surface area contributed by atoms with E-state index in [0.29, 0.717) is 12.5 Å². The predicted octanol–water partition coefficient (Wildman–Crippen LogP) is 2.46. The van der Waals surface area contributed by atoms with E-state index >= 15 is 0 Å². The Bertz CT molecular complexity index is 395. The van der Waals surface area contributed by atoms with Crippen molar-refractivity contribution in [2.24, 2.45) is 11.3 Å². The van der Waals surface area contributed by atoms with Gasteiger partial charge in [0.25, 0.3) is 0 Å². The lowest BCUT2D eigenvalue weighted by atomic mass is 9.76. The summed E-state index contributed by atoms with van der Waals surface area (Å²) in [6, 6.07) is -0.737. The molecule has 2 aliphatic rings. The molecule has 1 aliphatic heterocycles. The normalized spacial score (nSPS) is 33.0. The quantitative estimate of drug-likeness (QED) is 0.817. The second kappa shape index (κ2) is 5.62. The third-order valence-electron chi connectivity index (χ3n) is 4.94. The number of carbonyl (C=O) groups excluding carboxylic acids is 1. The van der Waals surface area contributed by atoms with Crippen molar-refractivity contribution in [2.45, 2.75) is 65.0 Å². The number of carboxylic acid groups (broad SMARTS) is 1. The van der Waals surface area contributed by atoms with Crippen molar-refractivity contribution in [2.75, 3.05) is 6.54 Å². The van der Waals surface area contributed by atoms with E-state index in [-0.39, 0.29) is 17.5 Å². The first-order valence-electron chi connectivity index (χ1n) is 7.63. The van der Waals surface area contributed by atoms with Crippen LogP contribution in [0.25, 0.3) is 0 Å². The maximum atomic E-state index is 12.5. The number of carbonyl (C=O) groups is 2. The first-order valence-corrected chi connectivity index (χ1v) is 7.63. The van der Waals surface area contributed by atoms with Crippen molar-refractivity contribution in [1.82, 2.24) is 10.2 Å². The maximum Gasteiger partial charge on any atom is 0.327 e. The highest BCUT2D eigenvalue weighted by Crippen LogP contribution is 2.35. The molecule has 2 amide bonds. The lowest BCUT2D eigenvalue weighted by Gasteiger charge is -2.44. The van der Waals surface area contributed by atoms with E-state index in [2.05, 4.69) is 12.2 Å². The molecule has 0 aromatic rings. The molecule has 20 heavy (non-hydrogen) atoms. The molecule has 2 N–H and O–H groups in total. The summed E-state index contributed by atoms with van der Waals surface area (Å²) < 4.78 is 0. The number of rotatable bonds is 2. The number of nitrogens with zero attached hydrogens (tertiary/aromatic N) is 1. The van der Waals surface area contributed by atoms with Crippen LogP contribution in [0.15, 0.2) is 0 Å². The highest BCUT2D eigenvalue weighted by Gasteiger charge is 2.45. The van der Waals surface area contributed by atoms with Gasteiger partial charge in [0.15, 0.2) is 0 Å². The lowest BCUT2D eigenvalue weighted by Crippen LogP contribution is -2.59. The van der Waals surface area contributed by atoms with Crippen LogP contribution in [-0.4, -0.2) is 40.6 Å². The Morgan fingerprint density at radius 1 is 1.25 bits per heavy atom. The van der Waals surface area contributed by atoms with Gasteiger partial charge in [0.05, 0.1) is 0 Å². The van der Waals surface area contributed by atoms with Crippen LogP contribution >= 0.6 is 0 Å². The Morgan fingerprint density at radius 3 is 2.50 bits per heavy atom. The van der Waals surface area contributed by atoms with Gasteiger partial charge < -0.3 is 15.3 Å². The van der Waals surface area contributed by atoms with Crippen molar-refractivity contribution < 1.29 is 14.7 Å². The monoisotopic (exact) mass is 282 g/mol. The molecule has 1 heterocycles. The first kappa shape index (κ1) is 15.1. The SMILES string of the molecule is CC1CCCC1NC(=O)N1CCCC(C)(C)C1C(=O)O. The van der Waals surface area contributed by atoms with Gasteiger partial charge in [-0.05, 0) is 37.0 Å². The summed E-state index contributed by atoms with van der Waals surface area (Å²) in [4.78, 5) is 25.5. The molecule has 3 atom stereocenters. The van der Waals surface area contributed by atoms with Crippen LogP contribution in [0, 0.1) is 11.3 Å². The standard InChI is InChI=1S/C15H26N2O3/c1-10-6-4-7-11(10)16-14(20)17-9-5-8-15(2,3)12(17)13(18)19/h10-12H,4-9H2,1-3H3,(H,16,20)(H,18,19). The van der Waals surface area contributed by atoms with Crippen LogP contribution in [0.2, 0.25) is 0 Å². The molecule has 5 heteroatoms. The molecule has 5 nitrogen and oxygen atoms in total. The molecule has 0 aromatic carbocycles. The summed E-state index contributed by atoms with van der Waals surface area (Å²) in [6.07, 6.45) is 4.98. The van der Waals surface area contributed by atoms with Crippen molar-refractivity contribution in [3.05, 3.63) is 0 Å². The molecule has 0 radical (unpaired) electrons. The molecular weight excluding hydrogens is 256 g/mol. The Morgan fingerprint density at radius 2 is 1.95 bits per heavy atom. The van der Waals surface area contributed by atoms with Gasteiger partial charge in [-0.15, -0.1) is 0 Å². The van der Waals surface area contributed by atoms with E-state index in [1.54, 1.807) is 0 Å². The minimum atomic E-state index is -0.899. The average Bonchev–Trinajstić information content (AvgIpc) is 2.72. The Balaban J connectivity index is 2.08. The van der Waals surface area contributed by atoms with Gasteiger partial charge in [0.1, 0.15) is 6.04 Å². The summed E-state index contributed by atoms with van der Waals surface area (Å²) >= 11 is 0. The Kier molecular flexibility index (Phi) is 4.25. The summed E-state index contributed by atoms with van der Waals surface area (Å²) in [5.41, 5.74) is -0.372. The van der Waals surface area contributed by atoms with E-state index in [4.69, 9.17) is 0 Å². The molecule has 3 unspecified atom stereocenters. The predicted molar refractivity (Wildman–Crippen MR) is 76.5 cm³/mol. The number of likely N-dealkylation sites (tertiary alicyclic amines) is 1. The van der Waals surface area contributed by atoms with Gasteiger partial charge in [0.2, 0.25) is 0 Å². The molecule has 0 spiro atoms. The Hall–Kier alpha value is -1.26. The summed E-state index contributed by atoms with van der Waals surface area (Å²) in [5.74, 6) is -0.413. The third-order valence-corrected chi connectivity index (χ3v) is 4.94. The van der Waals surface area contributed by atoms with Crippen LogP contribution in [-0.2, 0) is 4.79 Å². The molecule has 0 bridgehead atoms. The molecular formula is C15H26N2O3. The highest BCUT2D eigenvalue weighted by molar-refractivity contribution is 5.83. The van der Waals surface area contributed by atoms with Crippen LogP contribution < -0.4 is 5.32 Å². The molecule has 0 aromatic heterocycles. The number of nitrogens with one attached hydrogen (secondary N) is 1. The zero-order valence-corrected chi connectivity index (χ0v) is 12.7. The minimum Gasteiger partial charge on any atom is -0.480 e. The summed E-state index contributed by atoms with van der Waals surface area (Å²) in [6.45, 7) is 6.55. The topological polar surface area (TPSA) is 69.6 Å². The second-order valence-corrected chi connectivity index (χ2v) is 6.99. The summed E-state index contributed by atoms with van der Waals surface area (Å²) in [5, 5.41) is 12.5. The molecule has 114 valence electrons. The number of aliphatic carboxylic acids is 1. The van der Waals surface area contributed by atoms with Gasteiger partial charge in [-0.25, -0.2) is 9.59 Å². The van der Waals surface area contributed by atoms with Crippen LogP contribution in [0.4, 0.5) is 4.79 Å². The highest BCUT2D eigenvalue weighted by atomic mass is 16.4. The number of hydrogen-bond acceptors (Lipinski definition) is 2. The number of hydrogen-bond donors (Lipinski definition) is 2. The maximum absolute atomic E-state index is 12.5. The number of carboxylic acids is 1. The Labute approximate surface area is 120 Å². The number of piperidine rings is 1. The van der Waals surface area contributed by atoms with Gasteiger partial charge in [-0.2, -0.15) is 0 Å². The summed E-state index contributed by atoms with van der Waals surface area (Å²) in [7, 11) is 0. The minimum absolute atomic E-state index is 0.196. The molecule has 1 saturated carbocycles. The fourth-order valence-electron chi connectivity index (χ4n) is 3.68. The van der Waals surface area contributed by atoms with Gasteiger partial charge in [-0.1, -0.05) is 27.2 Å². The van der Waals surface area contributed by atoms with Crippen molar-refractivity contribution in [3.63, 3.8) is 0 Å². The molecule has 2 rings (SSSR count). The zero-order valence-electron chi connectivity index (χ0n) is 12.7. The van der Waals surface area contributed by atoms with Crippen molar-refractivity contribution in [1.29, 1.82) is 0 Å². The average molecular weight is 282 g/mol. The second-order valence-electron chi connectivity index (χ2n) is 6.99. The molecule has 1 saturated heterocycles. The van der Waals surface area contributed by atoms with Gasteiger partial charge in [-0.3, -0.25) is 0 Å². The van der Waals surface area contributed by atoms with Crippen LogP contribution in [0.3, 0.4) is 0 Å². The largest absolute Gasteiger partial charge is 0.480 e. The van der Waals surface area contributed by atoms with Crippen molar-refractivity contribution >= 4 is 12.0 Å². The van der Waals surface area contributed by atoms with Gasteiger partial charge in [0, 0.05) is 12.6 Å². The third kappa shape index (κ3) is 2.91. The van der Waals surface area contributed by atoms with Gasteiger partial charge >= 0.3 is 12.0 Å². The number of urea groups is 1. The van der Waals surface area contributed by atoms with E-state index < -0.39 is 12.0 Å². The number of amides is 2. The lowest BCUT2D eigenvalue weighted by molar-refractivity contribution is -0.148. The smallest absolute Gasteiger partial charge is 0.327 e. The van der Waals surface area contributed by atoms with Crippen molar-refractivity contribution in [3.8, 4) is 0 Å². The fourth-order valence-corrected chi connectivity index (χ4v) is 3.68.